The first-order valence-corrected chi connectivity index (χ1v) is 17.6. The number of aromatic nitrogens is 6. The predicted molar refractivity (Wildman–Crippen MR) is 189 cm³/mol. The number of allylic oxidation sites excluding steroid dienone is 3. The summed E-state index contributed by atoms with van der Waals surface area (Å²) in [7, 11) is 0. The lowest BCUT2D eigenvalue weighted by molar-refractivity contribution is -0.0606. The molecule has 2 aromatic heterocycles. The molecule has 0 amide bonds. The summed E-state index contributed by atoms with van der Waals surface area (Å²) < 4.78 is 45.8. The van der Waals surface area contributed by atoms with Crippen molar-refractivity contribution in [3.8, 4) is 11.4 Å². The van der Waals surface area contributed by atoms with Crippen molar-refractivity contribution in [1.29, 1.82) is 0 Å². The van der Waals surface area contributed by atoms with Crippen molar-refractivity contribution in [2.45, 2.75) is 57.2 Å². The molecule has 6 atom stereocenters. The Kier molecular flexibility index (Phi) is 10.0. The van der Waals surface area contributed by atoms with E-state index in [1.165, 1.54) is 28.0 Å². The number of alkyl halides is 1. The van der Waals surface area contributed by atoms with Gasteiger partial charge in [0.2, 0.25) is 0 Å². The van der Waals surface area contributed by atoms with Gasteiger partial charge in [0.25, 0.3) is 0 Å². The van der Waals surface area contributed by atoms with Crippen LogP contribution in [0.4, 0.5) is 20.2 Å². The van der Waals surface area contributed by atoms with Crippen LogP contribution in [0.25, 0.3) is 5.69 Å². The van der Waals surface area contributed by atoms with Crippen molar-refractivity contribution in [2.24, 2.45) is 11.8 Å². The summed E-state index contributed by atoms with van der Waals surface area (Å²) in [6.45, 7) is 8.10. The lowest BCUT2D eigenvalue weighted by Gasteiger charge is -2.37. The summed E-state index contributed by atoms with van der Waals surface area (Å²) in [6, 6.07) is 15.6. The van der Waals surface area contributed by atoms with Crippen molar-refractivity contribution in [1.82, 2.24) is 29.1 Å². The molecule has 4 aromatic rings. The number of rotatable bonds is 12. The molecule has 4 heterocycles. The van der Waals surface area contributed by atoms with E-state index < -0.39 is 29.6 Å². The number of hydrogen-bond acceptors (Lipinski definition) is 9. The van der Waals surface area contributed by atoms with E-state index in [4.69, 9.17) is 9.47 Å². The van der Waals surface area contributed by atoms with Crippen LogP contribution in [-0.2, 0) is 11.3 Å². The summed E-state index contributed by atoms with van der Waals surface area (Å²) in [5, 5.41) is 18.5. The number of piperazine rings is 1. The standard InChI is InChI=1S/C37H44F2N8O4/c1-3-35(26(2)48)47-36(49)46(25-42-47)31-7-5-29(6-8-31)43-14-16-44(17-15-43)30-9-11-32(12-10-30)50-20-27-19-37(51-21-27,22-45-24-40-23-41-45)33-13-4-28(38)18-34(33)39/h4-13,18,23-27,33-35,48H,3,14-17,19-22H2,1-2H3/t26-,27+,33?,34?,35-,37-/m0/s1. The fourth-order valence-electron chi connectivity index (χ4n) is 7.57. The molecule has 0 radical (unpaired) electrons. The molecule has 12 nitrogen and oxygen atoms in total. The highest BCUT2D eigenvalue weighted by atomic mass is 19.1. The number of nitrogens with zero attached hydrogens (tertiary/aromatic N) is 8. The highest BCUT2D eigenvalue weighted by Gasteiger charge is 2.50. The molecule has 1 N–H and O–H groups in total. The highest BCUT2D eigenvalue weighted by Crippen LogP contribution is 2.43. The van der Waals surface area contributed by atoms with Gasteiger partial charge >= 0.3 is 5.69 Å². The van der Waals surface area contributed by atoms with Crippen LogP contribution in [0.3, 0.4) is 0 Å². The molecule has 1 aliphatic carbocycles. The molecule has 3 aliphatic rings. The Morgan fingerprint density at radius 3 is 2.27 bits per heavy atom. The molecule has 270 valence electrons. The maximum Gasteiger partial charge on any atom is 0.350 e. The smallest absolute Gasteiger partial charge is 0.350 e. The minimum atomic E-state index is -1.50. The molecule has 14 heteroatoms. The third-order valence-electron chi connectivity index (χ3n) is 10.3. The molecule has 2 saturated heterocycles. The van der Waals surface area contributed by atoms with E-state index >= 15 is 4.39 Å². The summed E-state index contributed by atoms with van der Waals surface area (Å²) in [5.74, 6) is -0.459. The summed E-state index contributed by atoms with van der Waals surface area (Å²) in [4.78, 5) is 21.7. The van der Waals surface area contributed by atoms with Gasteiger partial charge in [-0.3, -0.25) is 4.68 Å². The molecule has 2 fully saturated rings. The van der Waals surface area contributed by atoms with Crippen LogP contribution in [0.5, 0.6) is 5.75 Å². The van der Waals surface area contributed by atoms with Gasteiger partial charge in [-0.05, 0) is 80.4 Å². The van der Waals surface area contributed by atoms with Crippen LogP contribution in [0.1, 0.15) is 32.7 Å². The molecule has 7 rings (SSSR count). The SMILES string of the molecule is CC[C@@H]([C@H](C)O)n1ncn(-c2ccc(N3CCN(c4ccc(OC[C@@H]5CO[C@@](Cn6cncn6)(C6C=CC(F)=CC6F)C5)cc4)CC3)cc2)c1=O. The van der Waals surface area contributed by atoms with Crippen molar-refractivity contribution in [3.05, 3.63) is 102 Å². The third-order valence-corrected chi connectivity index (χ3v) is 10.3. The zero-order valence-corrected chi connectivity index (χ0v) is 28.8. The van der Waals surface area contributed by atoms with Crippen molar-refractivity contribution >= 4 is 11.4 Å². The fourth-order valence-corrected chi connectivity index (χ4v) is 7.57. The van der Waals surface area contributed by atoms with E-state index in [1.807, 2.05) is 43.3 Å². The second kappa shape index (κ2) is 14.8. The summed E-state index contributed by atoms with van der Waals surface area (Å²) >= 11 is 0. The van der Waals surface area contributed by atoms with Gasteiger partial charge in [0.15, 0.2) is 0 Å². The number of aliphatic hydroxyl groups is 1. The Morgan fingerprint density at radius 2 is 1.67 bits per heavy atom. The minimum Gasteiger partial charge on any atom is -0.493 e. The molecule has 2 aliphatic heterocycles. The molecule has 2 aromatic carbocycles. The normalized spacial score (nSPS) is 24.8. The number of ether oxygens (including phenoxy) is 2. The van der Waals surface area contributed by atoms with E-state index in [-0.39, 0.29) is 17.6 Å². The Hall–Kier alpha value is -4.82. The zero-order valence-electron chi connectivity index (χ0n) is 28.8. The van der Waals surface area contributed by atoms with Gasteiger partial charge in [0.05, 0.1) is 43.2 Å². The number of hydrogen-bond donors (Lipinski definition) is 1. The first kappa shape index (κ1) is 34.6. The van der Waals surface area contributed by atoms with Gasteiger partial charge in [0, 0.05) is 49.4 Å². The second-order valence-corrected chi connectivity index (χ2v) is 13.7. The van der Waals surface area contributed by atoms with Crippen molar-refractivity contribution in [3.63, 3.8) is 0 Å². The largest absolute Gasteiger partial charge is 0.493 e. The first-order valence-electron chi connectivity index (χ1n) is 17.6. The predicted octanol–water partition coefficient (Wildman–Crippen LogP) is 4.52. The molecular weight excluding hydrogens is 658 g/mol. The fraction of sp³-hybridized carbons (Fsp3) is 0.459. The first-order chi connectivity index (χ1) is 24.7. The third kappa shape index (κ3) is 7.33. The Balaban J connectivity index is 0.914. The van der Waals surface area contributed by atoms with Gasteiger partial charge in [-0.25, -0.2) is 27.8 Å². The summed E-state index contributed by atoms with van der Waals surface area (Å²) in [6.07, 6.45) is 7.36. The highest BCUT2D eigenvalue weighted by molar-refractivity contribution is 5.54. The average molecular weight is 703 g/mol. The Labute approximate surface area is 295 Å². The molecular formula is C37H44F2N8O4. The maximum atomic E-state index is 15.1. The Morgan fingerprint density at radius 1 is 1.00 bits per heavy atom. The van der Waals surface area contributed by atoms with Crippen LogP contribution in [-0.4, -0.2) is 91.5 Å². The summed E-state index contributed by atoms with van der Waals surface area (Å²) in [5.41, 5.74) is 1.77. The average Bonchev–Trinajstić information content (AvgIpc) is 3.90. The molecule has 2 unspecified atom stereocenters. The van der Waals surface area contributed by atoms with Gasteiger partial charge in [0.1, 0.15) is 36.7 Å². The van der Waals surface area contributed by atoms with Gasteiger partial charge in [-0.15, -0.1) is 0 Å². The van der Waals surface area contributed by atoms with E-state index in [2.05, 4.69) is 37.1 Å². The number of benzene rings is 2. The van der Waals surface area contributed by atoms with Gasteiger partial charge in [-0.1, -0.05) is 13.0 Å². The van der Waals surface area contributed by atoms with Crippen LogP contribution >= 0.6 is 0 Å². The molecule has 0 saturated carbocycles. The zero-order chi connectivity index (χ0) is 35.5. The van der Waals surface area contributed by atoms with E-state index in [9.17, 15) is 14.3 Å². The lowest BCUT2D eigenvalue weighted by atomic mass is 9.77. The second-order valence-electron chi connectivity index (χ2n) is 13.7. The number of anilines is 2. The van der Waals surface area contributed by atoms with Crippen LogP contribution < -0.4 is 20.2 Å². The monoisotopic (exact) mass is 702 g/mol. The lowest BCUT2D eigenvalue weighted by Crippen LogP contribution is -2.46. The van der Waals surface area contributed by atoms with E-state index in [0.717, 1.165) is 55.1 Å². The van der Waals surface area contributed by atoms with Crippen LogP contribution in [0, 0.1) is 11.8 Å². The number of halogens is 2. The van der Waals surface area contributed by atoms with Crippen LogP contribution in [0.2, 0.25) is 0 Å². The molecule has 0 spiro atoms. The topological polar surface area (TPSA) is 116 Å². The molecule has 0 bridgehead atoms. The Bertz CT molecular complexity index is 1870. The van der Waals surface area contributed by atoms with Gasteiger partial charge < -0.3 is 24.4 Å². The number of aliphatic hydroxyl groups excluding tert-OH is 1. The van der Waals surface area contributed by atoms with Crippen molar-refractivity contribution in [2.75, 3.05) is 49.2 Å². The quantitative estimate of drug-likeness (QED) is 0.228. The van der Waals surface area contributed by atoms with E-state index in [1.54, 1.807) is 24.0 Å². The van der Waals surface area contributed by atoms with Gasteiger partial charge in [-0.2, -0.15) is 10.2 Å². The van der Waals surface area contributed by atoms with Crippen LogP contribution in [0.15, 0.2) is 96.4 Å². The van der Waals surface area contributed by atoms with E-state index in [0.29, 0.717) is 32.6 Å². The van der Waals surface area contributed by atoms with Crippen molar-refractivity contribution < 1.29 is 23.4 Å². The molecule has 51 heavy (non-hydrogen) atoms. The maximum absolute atomic E-state index is 15.1. The minimum absolute atomic E-state index is 0.0221.